The van der Waals surface area contributed by atoms with Crippen LogP contribution in [0, 0.1) is 0 Å². The van der Waals surface area contributed by atoms with Crippen LogP contribution in [0.15, 0.2) is 59.1 Å². The number of hydrogen-bond acceptors (Lipinski definition) is 5. The maximum Gasteiger partial charge on any atom is 0.322 e. The lowest BCUT2D eigenvalue weighted by atomic mass is 10.0. The number of nitrogens with one attached hydrogen (secondary N) is 1. The Morgan fingerprint density at radius 2 is 1.88 bits per heavy atom. The first-order valence-corrected chi connectivity index (χ1v) is 8.30. The summed E-state index contributed by atoms with van der Waals surface area (Å²) in [6.07, 6.45) is 1.67. The highest BCUT2D eigenvalue weighted by Crippen LogP contribution is 2.23. The van der Waals surface area contributed by atoms with Gasteiger partial charge in [-0.1, -0.05) is 41.5 Å². The second-order valence-electron chi connectivity index (χ2n) is 6.15. The van der Waals surface area contributed by atoms with Crippen LogP contribution < -0.4 is 5.32 Å². The quantitative estimate of drug-likeness (QED) is 0.605. The third kappa shape index (κ3) is 2.83. The summed E-state index contributed by atoms with van der Waals surface area (Å²) in [6.45, 7) is 4.02. The fourth-order valence-corrected chi connectivity index (χ4v) is 2.86. The van der Waals surface area contributed by atoms with Crippen LogP contribution in [-0.4, -0.2) is 25.9 Å². The van der Waals surface area contributed by atoms with Crippen molar-refractivity contribution in [3.8, 4) is 11.6 Å². The van der Waals surface area contributed by atoms with E-state index in [1.165, 1.54) is 0 Å². The summed E-state index contributed by atoms with van der Waals surface area (Å²) in [6, 6.07) is 15.3. The molecule has 0 bridgehead atoms. The normalized spacial score (nSPS) is 11.2. The van der Waals surface area contributed by atoms with E-state index in [1.807, 2.05) is 50.2 Å². The van der Waals surface area contributed by atoms with Crippen molar-refractivity contribution in [3.63, 3.8) is 0 Å². The van der Waals surface area contributed by atoms with Crippen LogP contribution >= 0.6 is 0 Å². The van der Waals surface area contributed by atoms with Crippen LogP contribution in [0.2, 0.25) is 0 Å². The predicted molar refractivity (Wildman–Crippen MR) is 97.8 cm³/mol. The average Bonchev–Trinajstić information content (AvgIpc) is 3.30. The third-order valence-electron chi connectivity index (χ3n) is 4.06. The van der Waals surface area contributed by atoms with E-state index < -0.39 is 0 Å². The molecule has 0 radical (unpaired) electrons. The Balaban J connectivity index is 1.61. The Morgan fingerprint density at radius 3 is 2.73 bits per heavy atom. The minimum Gasteiger partial charge on any atom is -0.401 e. The number of amides is 1. The van der Waals surface area contributed by atoms with Gasteiger partial charge >= 0.3 is 6.01 Å². The van der Waals surface area contributed by atoms with Gasteiger partial charge in [0, 0.05) is 17.8 Å². The number of rotatable bonds is 4. The maximum atomic E-state index is 12.6. The van der Waals surface area contributed by atoms with Gasteiger partial charge in [-0.05, 0) is 36.8 Å². The van der Waals surface area contributed by atoms with E-state index >= 15 is 0 Å². The van der Waals surface area contributed by atoms with E-state index in [0.717, 1.165) is 10.8 Å². The molecule has 0 unspecified atom stereocenters. The third-order valence-corrected chi connectivity index (χ3v) is 4.06. The Hall–Kier alpha value is -3.48. The standard InChI is InChI=1S/C19H17N5O2/c1-12(2)24-16(10-11-20-24)18-22-23-19(26-18)21-17(25)15-9-5-7-13-6-3-4-8-14(13)15/h3-12H,1-2H3,(H,21,23,25). The molecule has 0 spiro atoms. The molecule has 0 saturated carbocycles. The maximum absolute atomic E-state index is 12.6. The van der Waals surface area contributed by atoms with Gasteiger partial charge in [0.25, 0.3) is 11.8 Å². The smallest absolute Gasteiger partial charge is 0.322 e. The molecule has 0 aliphatic rings. The van der Waals surface area contributed by atoms with Crippen LogP contribution in [0.25, 0.3) is 22.4 Å². The molecule has 0 aliphatic carbocycles. The first kappa shape index (κ1) is 16.0. The largest absolute Gasteiger partial charge is 0.401 e. The van der Waals surface area contributed by atoms with Gasteiger partial charge < -0.3 is 4.42 Å². The Bertz CT molecular complexity index is 1070. The molecule has 7 nitrogen and oxygen atoms in total. The number of carbonyl (C=O) groups excluding carboxylic acids is 1. The van der Waals surface area contributed by atoms with Crippen molar-refractivity contribution < 1.29 is 9.21 Å². The van der Waals surface area contributed by atoms with Crippen LogP contribution in [0.1, 0.15) is 30.2 Å². The molecular weight excluding hydrogens is 330 g/mol. The molecule has 130 valence electrons. The molecule has 1 amide bonds. The zero-order chi connectivity index (χ0) is 18.1. The monoisotopic (exact) mass is 347 g/mol. The molecule has 4 rings (SSSR count). The van der Waals surface area contributed by atoms with Gasteiger partial charge in [0.05, 0.1) is 0 Å². The zero-order valence-corrected chi connectivity index (χ0v) is 14.4. The summed E-state index contributed by atoms with van der Waals surface area (Å²) in [5.41, 5.74) is 1.26. The van der Waals surface area contributed by atoms with Crippen molar-refractivity contribution in [2.45, 2.75) is 19.9 Å². The highest BCUT2D eigenvalue weighted by atomic mass is 16.4. The number of benzene rings is 2. The van der Waals surface area contributed by atoms with Crippen molar-refractivity contribution in [3.05, 3.63) is 60.3 Å². The molecule has 1 N–H and O–H groups in total. The molecule has 7 heteroatoms. The first-order chi connectivity index (χ1) is 12.6. The number of aromatic nitrogens is 4. The lowest BCUT2D eigenvalue weighted by molar-refractivity contribution is 0.102. The molecule has 2 aromatic heterocycles. The topological polar surface area (TPSA) is 85.8 Å². The fourth-order valence-electron chi connectivity index (χ4n) is 2.86. The molecular formula is C19H17N5O2. The summed E-state index contributed by atoms with van der Waals surface area (Å²) in [5.74, 6) is 0.0128. The zero-order valence-electron chi connectivity index (χ0n) is 14.4. The molecule has 0 fully saturated rings. The highest BCUT2D eigenvalue weighted by molar-refractivity contribution is 6.12. The lowest BCUT2D eigenvalue weighted by Gasteiger charge is -2.07. The lowest BCUT2D eigenvalue weighted by Crippen LogP contribution is -2.12. The van der Waals surface area contributed by atoms with E-state index in [2.05, 4.69) is 20.6 Å². The number of anilines is 1. The molecule has 4 aromatic rings. The number of fused-ring (bicyclic) bond motifs is 1. The van der Waals surface area contributed by atoms with Crippen molar-refractivity contribution in [2.75, 3.05) is 5.32 Å². The molecule has 0 aliphatic heterocycles. The van der Waals surface area contributed by atoms with Crippen LogP contribution in [0.5, 0.6) is 0 Å². The van der Waals surface area contributed by atoms with E-state index in [1.54, 1.807) is 23.0 Å². The van der Waals surface area contributed by atoms with E-state index in [4.69, 9.17) is 4.42 Å². The molecule has 0 atom stereocenters. The summed E-state index contributed by atoms with van der Waals surface area (Å²) in [5, 5.41) is 16.7. The predicted octanol–water partition coefficient (Wildman–Crippen LogP) is 3.92. The summed E-state index contributed by atoms with van der Waals surface area (Å²) in [7, 11) is 0. The summed E-state index contributed by atoms with van der Waals surface area (Å²) >= 11 is 0. The van der Waals surface area contributed by atoms with Gasteiger partial charge in [-0.3, -0.25) is 14.8 Å². The molecule has 2 heterocycles. The Morgan fingerprint density at radius 1 is 1.08 bits per heavy atom. The summed E-state index contributed by atoms with van der Waals surface area (Å²) < 4.78 is 7.39. The van der Waals surface area contributed by atoms with E-state index in [0.29, 0.717) is 17.1 Å². The molecule has 0 saturated heterocycles. The minimum atomic E-state index is -0.297. The number of hydrogen-bond donors (Lipinski definition) is 1. The van der Waals surface area contributed by atoms with Gasteiger partial charge in [0.1, 0.15) is 5.69 Å². The van der Waals surface area contributed by atoms with Crippen molar-refractivity contribution in [1.82, 2.24) is 20.0 Å². The van der Waals surface area contributed by atoms with Crippen LogP contribution in [0.4, 0.5) is 6.01 Å². The van der Waals surface area contributed by atoms with Crippen molar-refractivity contribution in [1.29, 1.82) is 0 Å². The van der Waals surface area contributed by atoms with Crippen LogP contribution in [0.3, 0.4) is 0 Å². The van der Waals surface area contributed by atoms with E-state index in [-0.39, 0.29) is 18.0 Å². The van der Waals surface area contributed by atoms with Gasteiger partial charge in [0.15, 0.2) is 0 Å². The summed E-state index contributed by atoms with van der Waals surface area (Å²) in [4.78, 5) is 12.6. The van der Waals surface area contributed by atoms with Gasteiger partial charge in [-0.2, -0.15) is 5.10 Å². The molecule has 2 aromatic carbocycles. The van der Waals surface area contributed by atoms with Gasteiger partial charge in [0.2, 0.25) is 0 Å². The van der Waals surface area contributed by atoms with Crippen LogP contribution in [-0.2, 0) is 0 Å². The minimum absolute atomic E-state index is 0.0504. The SMILES string of the molecule is CC(C)n1nccc1-c1nnc(NC(=O)c2cccc3ccccc23)o1. The number of carbonyl (C=O) groups is 1. The van der Waals surface area contributed by atoms with Crippen molar-refractivity contribution in [2.24, 2.45) is 0 Å². The molecule has 26 heavy (non-hydrogen) atoms. The fraction of sp³-hybridized carbons (Fsp3) is 0.158. The van der Waals surface area contributed by atoms with Gasteiger partial charge in [-0.15, -0.1) is 5.10 Å². The van der Waals surface area contributed by atoms with Gasteiger partial charge in [-0.25, -0.2) is 0 Å². The van der Waals surface area contributed by atoms with Crippen molar-refractivity contribution >= 4 is 22.7 Å². The first-order valence-electron chi connectivity index (χ1n) is 8.30. The average molecular weight is 347 g/mol. The Kier molecular flexibility index (Phi) is 3.96. The van der Waals surface area contributed by atoms with E-state index in [9.17, 15) is 4.79 Å². The Labute approximate surface area is 149 Å². The second-order valence-corrected chi connectivity index (χ2v) is 6.15. The second kappa shape index (κ2) is 6.44. The highest BCUT2D eigenvalue weighted by Gasteiger charge is 2.17. The number of nitrogens with zero attached hydrogens (tertiary/aromatic N) is 4.